The van der Waals surface area contributed by atoms with E-state index >= 15 is 0 Å². The van der Waals surface area contributed by atoms with Crippen LogP contribution in [-0.4, -0.2) is 51.3 Å². The fraction of sp³-hybridized carbons (Fsp3) is 0.533. The van der Waals surface area contributed by atoms with Gasteiger partial charge in [-0.05, 0) is 19.1 Å². The van der Waals surface area contributed by atoms with Gasteiger partial charge in [-0.3, -0.25) is 4.79 Å². The van der Waals surface area contributed by atoms with E-state index in [-0.39, 0.29) is 18.0 Å². The molecule has 1 aliphatic heterocycles. The van der Waals surface area contributed by atoms with Crippen molar-refractivity contribution in [2.45, 2.75) is 19.0 Å². The van der Waals surface area contributed by atoms with Crippen LogP contribution in [0.1, 0.15) is 6.92 Å². The Kier molecular flexibility index (Phi) is 5.38. The van der Waals surface area contributed by atoms with Crippen molar-refractivity contribution in [3.8, 4) is 0 Å². The Balaban J connectivity index is 1.79. The molecule has 1 fully saturated rings. The van der Waals surface area contributed by atoms with Crippen LogP contribution in [-0.2, 0) is 9.53 Å². The summed E-state index contributed by atoms with van der Waals surface area (Å²) in [5.41, 5.74) is 1.15. The molecule has 110 valence electrons. The summed E-state index contributed by atoms with van der Waals surface area (Å²) in [5, 5.41) is 6.13. The van der Waals surface area contributed by atoms with Crippen molar-refractivity contribution in [2.75, 3.05) is 38.3 Å². The SMILES string of the molecule is CC(CNC(=O)C1COCCN1)N(C)c1ccccc1. The first-order valence-corrected chi connectivity index (χ1v) is 7.05. The maximum absolute atomic E-state index is 12.0. The highest BCUT2D eigenvalue weighted by atomic mass is 16.5. The number of ether oxygens (including phenoxy) is 1. The quantitative estimate of drug-likeness (QED) is 0.828. The van der Waals surface area contributed by atoms with Crippen LogP contribution in [0.5, 0.6) is 0 Å². The zero-order chi connectivity index (χ0) is 14.4. The van der Waals surface area contributed by atoms with Gasteiger partial charge in [0.2, 0.25) is 5.91 Å². The zero-order valence-corrected chi connectivity index (χ0v) is 12.1. The summed E-state index contributed by atoms with van der Waals surface area (Å²) >= 11 is 0. The number of nitrogens with one attached hydrogen (secondary N) is 2. The number of anilines is 1. The fourth-order valence-corrected chi connectivity index (χ4v) is 2.16. The number of carbonyl (C=O) groups is 1. The Morgan fingerprint density at radius 1 is 1.50 bits per heavy atom. The number of amides is 1. The van der Waals surface area contributed by atoms with E-state index in [0.717, 1.165) is 12.2 Å². The van der Waals surface area contributed by atoms with Crippen molar-refractivity contribution in [2.24, 2.45) is 0 Å². The van der Waals surface area contributed by atoms with Gasteiger partial charge >= 0.3 is 0 Å². The minimum absolute atomic E-state index is 0.0120. The van der Waals surface area contributed by atoms with Crippen LogP contribution in [0, 0.1) is 0 Å². The van der Waals surface area contributed by atoms with Gasteiger partial charge in [-0.2, -0.15) is 0 Å². The van der Waals surface area contributed by atoms with Crippen LogP contribution in [0.25, 0.3) is 0 Å². The molecule has 0 saturated carbocycles. The minimum Gasteiger partial charge on any atom is -0.378 e. The summed E-state index contributed by atoms with van der Waals surface area (Å²) in [6.07, 6.45) is 0. The van der Waals surface area contributed by atoms with E-state index in [0.29, 0.717) is 19.8 Å². The molecule has 0 aromatic heterocycles. The molecule has 0 aliphatic carbocycles. The van der Waals surface area contributed by atoms with Crippen molar-refractivity contribution in [1.82, 2.24) is 10.6 Å². The summed E-state index contributed by atoms with van der Waals surface area (Å²) in [4.78, 5) is 14.1. The van der Waals surface area contributed by atoms with Crippen molar-refractivity contribution in [3.05, 3.63) is 30.3 Å². The van der Waals surface area contributed by atoms with Gasteiger partial charge in [0, 0.05) is 31.9 Å². The van der Waals surface area contributed by atoms with E-state index in [9.17, 15) is 4.79 Å². The van der Waals surface area contributed by atoms with Crippen LogP contribution < -0.4 is 15.5 Å². The molecule has 2 unspecified atom stereocenters. The van der Waals surface area contributed by atoms with Crippen LogP contribution in [0.2, 0.25) is 0 Å². The number of likely N-dealkylation sites (N-methyl/N-ethyl adjacent to an activating group) is 1. The summed E-state index contributed by atoms with van der Waals surface area (Å²) in [6, 6.07) is 10.2. The van der Waals surface area contributed by atoms with Gasteiger partial charge in [0.05, 0.1) is 13.2 Å². The molecule has 0 spiro atoms. The standard InChI is InChI=1S/C15H23N3O2/c1-12(18(2)13-6-4-3-5-7-13)10-17-15(19)14-11-20-9-8-16-14/h3-7,12,14,16H,8-11H2,1-2H3,(H,17,19). The van der Waals surface area contributed by atoms with Crippen molar-refractivity contribution in [3.63, 3.8) is 0 Å². The number of nitrogens with zero attached hydrogens (tertiary/aromatic N) is 1. The number of benzene rings is 1. The average Bonchev–Trinajstić information content (AvgIpc) is 2.53. The monoisotopic (exact) mass is 277 g/mol. The van der Waals surface area contributed by atoms with Gasteiger partial charge in [-0.1, -0.05) is 18.2 Å². The van der Waals surface area contributed by atoms with E-state index in [1.54, 1.807) is 0 Å². The molecule has 2 atom stereocenters. The average molecular weight is 277 g/mol. The summed E-state index contributed by atoms with van der Waals surface area (Å²) < 4.78 is 5.29. The molecule has 2 rings (SSSR count). The van der Waals surface area contributed by atoms with Gasteiger partial charge < -0.3 is 20.3 Å². The van der Waals surface area contributed by atoms with Gasteiger partial charge in [0.25, 0.3) is 0 Å². The highest BCUT2D eigenvalue weighted by molar-refractivity contribution is 5.82. The van der Waals surface area contributed by atoms with E-state index in [4.69, 9.17) is 4.74 Å². The molecule has 2 N–H and O–H groups in total. The van der Waals surface area contributed by atoms with Gasteiger partial charge in [0.1, 0.15) is 6.04 Å². The van der Waals surface area contributed by atoms with E-state index < -0.39 is 0 Å². The van der Waals surface area contributed by atoms with E-state index in [2.05, 4.69) is 34.6 Å². The van der Waals surface area contributed by atoms with Crippen LogP contribution in [0.4, 0.5) is 5.69 Å². The predicted octanol–water partition coefficient (Wildman–Crippen LogP) is 0.616. The van der Waals surface area contributed by atoms with E-state index in [1.165, 1.54) is 0 Å². The molecule has 1 saturated heterocycles. The molecular weight excluding hydrogens is 254 g/mol. The number of para-hydroxylation sites is 1. The van der Waals surface area contributed by atoms with Crippen molar-refractivity contribution in [1.29, 1.82) is 0 Å². The number of hydrogen-bond acceptors (Lipinski definition) is 4. The Hall–Kier alpha value is -1.59. The maximum atomic E-state index is 12.0. The molecule has 1 aliphatic rings. The second kappa shape index (κ2) is 7.26. The molecule has 20 heavy (non-hydrogen) atoms. The molecule has 5 heteroatoms. The van der Waals surface area contributed by atoms with Gasteiger partial charge in [0.15, 0.2) is 0 Å². The molecule has 0 bridgehead atoms. The summed E-state index contributed by atoms with van der Waals surface area (Å²) in [5.74, 6) is 0.0120. The third-order valence-electron chi connectivity index (χ3n) is 3.63. The summed E-state index contributed by atoms with van der Waals surface area (Å²) in [6.45, 7) is 4.57. The van der Waals surface area contributed by atoms with Crippen LogP contribution in [0.15, 0.2) is 30.3 Å². The molecule has 1 heterocycles. The third-order valence-corrected chi connectivity index (χ3v) is 3.63. The second-order valence-electron chi connectivity index (χ2n) is 5.12. The molecule has 1 amide bonds. The number of rotatable bonds is 5. The largest absolute Gasteiger partial charge is 0.378 e. The lowest BCUT2D eigenvalue weighted by atomic mass is 10.2. The highest BCUT2D eigenvalue weighted by Gasteiger charge is 2.21. The van der Waals surface area contributed by atoms with Gasteiger partial charge in [-0.25, -0.2) is 0 Å². The Morgan fingerprint density at radius 3 is 2.90 bits per heavy atom. The maximum Gasteiger partial charge on any atom is 0.239 e. The number of carbonyl (C=O) groups excluding carboxylic acids is 1. The van der Waals surface area contributed by atoms with Crippen molar-refractivity contribution < 1.29 is 9.53 Å². The fourth-order valence-electron chi connectivity index (χ4n) is 2.16. The first-order valence-electron chi connectivity index (χ1n) is 7.05. The Morgan fingerprint density at radius 2 is 2.25 bits per heavy atom. The first-order chi connectivity index (χ1) is 9.68. The van der Waals surface area contributed by atoms with E-state index in [1.807, 2.05) is 25.2 Å². The lowest BCUT2D eigenvalue weighted by Gasteiger charge is -2.28. The Bertz CT molecular complexity index is 418. The Labute approximate surface area is 120 Å². The predicted molar refractivity (Wildman–Crippen MR) is 79.9 cm³/mol. The molecular formula is C15H23N3O2. The normalized spacial score (nSPS) is 20.2. The number of morpholine rings is 1. The number of hydrogen-bond donors (Lipinski definition) is 2. The second-order valence-corrected chi connectivity index (χ2v) is 5.12. The topological polar surface area (TPSA) is 53.6 Å². The minimum atomic E-state index is -0.224. The third kappa shape index (κ3) is 3.95. The van der Waals surface area contributed by atoms with Crippen LogP contribution >= 0.6 is 0 Å². The zero-order valence-electron chi connectivity index (χ0n) is 12.1. The molecule has 5 nitrogen and oxygen atoms in total. The highest BCUT2D eigenvalue weighted by Crippen LogP contribution is 2.13. The molecule has 1 aromatic carbocycles. The smallest absolute Gasteiger partial charge is 0.239 e. The first kappa shape index (κ1) is 14.8. The summed E-state index contributed by atoms with van der Waals surface area (Å²) in [7, 11) is 2.04. The molecule has 1 aromatic rings. The van der Waals surface area contributed by atoms with Crippen LogP contribution in [0.3, 0.4) is 0 Å². The lowest BCUT2D eigenvalue weighted by molar-refractivity contribution is -0.125. The lowest BCUT2D eigenvalue weighted by Crippen LogP contribution is -2.53. The van der Waals surface area contributed by atoms with Crippen molar-refractivity contribution >= 4 is 11.6 Å². The van der Waals surface area contributed by atoms with Gasteiger partial charge in [-0.15, -0.1) is 0 Å². The molecule has 0 radical (unpaired) electrons.